The monoisotopic (exact) mass is 492 g/mol. The molecule has 0 spiro atoms. The van der Waals surface area contributed by atoms with E-state index in [-0.39, 0.29) is 22.9 Å². The summed E-state index contributed by atoms with van der Waals surface area (Å²) in [6.07, 6.45) is 3.59. The standard InChI is InChI=1S/C27H32N4O3S/c1-18-7-6-8-19(2)31(18)35(33,34)21-13-11-20(12-14-21)28-27(32)26-22-9-4-5-10-24(22)29-25-15-16-30(3)17-23(25)26/h4-5,9-14,18-19H,6-8,15-17H2,1-3H3,(H,28,32)/t18-,19-/m0/s1. The first kappa shape index (κ1) is 23.9. The van der Waals surface area contributed by atoms with Crippen LogP contribution >= 0.6 is 0 Å². The second-order valence-electron chi connectivity index (χ2n) is 9.86. The third kappa shape index (κ3) is 4.46. The van der Waals surface area contributed by atoms with Crippen LogP contribution in [-0.2, 0) is 23.0 Å². The summed E-state index contributed by atoms with van der Waals surface area (Å²) in [6.45, 7) is 5.51. The van der Waals surface area contributed by atoms with Gasteiger partial charge in [-0.25, -0.2) is 8.42 Å². The average molecular weight is 493 g/mol. The van der Waals surface area contributed by atoms with Crippen LogP contribution in [0.15, 0.2) is 53.4 Å². The SMILES string of the molecule is C[C@H]1CCC[C@H](C)N1S(=O)(=O)c1ccc(NC(=O)c2c3c(nc4ccccc24)CCN(C)C3)cc1. The van der Waals surface area contributed by atoms with Crippen molar-refractivity contribution >= 4 is 32.5 Å². The van der Waals surface area contributed by atoms with E-state index >= 15 is 0 Å². The van der Waals surface area contributed by atoms with E-state index in [4.69, 9.17) is 4.98 Å². The van der Waals surface area contributed by atoms with Crippen LogP contribution in [-0.4, -0.2) is 54.2 Å². The number of nitrogens with one attached hydrogen (secondary N) is 1. The lowest BCUT2D eigenvalue weighted by Crippen LogP contribution is -2.47. The number of carbonyl (C=O) groups is 1. The number of hydrogen-bond donors (Lipinski definition) is 1. The molecule has 184 valence electrons. The van der Waals surface area contributed by atoms with Crippen molar-refractivity contribution in [1.82, 2.24) is 14.2 Å². The molecule has 0 saturated carbocycles. The molecule has 0 bridgehead atoms. The van der Waals surface area contributed by atoms with Crippen molar-refractivity contribution in [2.24, 2.45) is 0 Å². The van der Waals surface area contributed by atoms with Gasteiger partial charge in [-0.1, -0.05) is 24.6 Å². The number of para-hydroxylation sites is 1. The molecular weight excluding hydrogens is 460 g/mol. The van der Waals surface area contributed by atoms with Crippen LogP contribution in [0.3, 0.4) is 0 Å². The van der Waals surface area contributed by atoms with Gasteiger partial charge in [0.05, 0.1) is 16.0 Å². The Bertz CT molecular complexity index is 1360. The highest BCUT2D eigenvalue weighted by atomic mass is 32.2. The minimum absolute atomic E-state index is 0.0209. The molecule has 1 N–H and O–H groups in total. The molecule has 1 saturated heterocycles. The predicted molar refractivity (Wildman–Crippen MR) is 138 cm³/mol. The largest absolute Gasteiger partial charge is 0.322 e. The number of benzene rings is 2. The smallest absolute Gasteiger partial charge is 0.256 e. The van der Waals surface area contributed by atoms with E-state index < -0.39 is 10.0 Å². The molecule has 0 radical (unpaired) electrons. The number of pyridine rings is 1. The molecule has 0 aliphatic carbocycles. The van der Waals surface area contributed by atoms with Crippen LogP contribution < -0.4 is 5.32 Å². The van der Waals surface area contributed by atoms with Gasteiger partial charge in [-0.05, 0) is 64.1 Å². The maximum atomic E-state index is 13.5. The Balaban J connectivity index is 1.44. The van der Waals surface area contributed by atoms with Gasteiger partial charge in [0.25, 0.3) is 5.91 Å². The average Bonchev–Trinajstić information content (AvgIpc) is 2.82. The first-order valence-corrected chi connectivity index (χ1v) is 13.7. The van der Waals surface area contributed by atoms with E-state index in [1.807, 2.05) is 45.2 Å². The Labute approximate surface area is 207 Å². The molecule has 3 aromatic rings. The van der Waals surface area contributed by atoms with Crippen LogP contribution in [0.1, 0.15) is 54.7 Å². The zero-order valence-corrected chi connectivity index (χ0v) is 21.3. The Kier molecular flexibility index (Phi) is 6.38. The van der Waals surface area contributed by atoms with Crippen LogP contribution in [0.5, 0.6) is 0 Å². The highest BCUT2D eigenvalue weighted by Gasteiger charge is 2.35. The molecule has 2 aliphatic heterocycles. The third-order valence-electron chi connectivity index (χ3n) is 7.26. The van der Waals surface area contributed by atoms with Gasteiger partial charge >= 0.3 is 0 Å². The van der Waals surface area contributed by atoms with Gasteiger partial charge < -0.3 is 10.2 Å². The summed E-state index contributed by atoms with van der Waals surface area (Å²) >= 11 is 0. The van der Waals surface area contributed by atoms with E-state index in [0.717, 1.165) is 54.4 Å². The van der Waals surface area contributed by atoms with Crippen molar-refractivity contribution < 1.29 is 13.2 Å². The first-order chi connectivity index (χ1) is 16.8. The lowest BCUT2D eigenvalue weighted by Gasteiger charge is -2.37. The van der Waals surface area contributed by atoms with Crippen molar-refractivity contribution in [1.29, 1.82) is 0 Å². The molecule has 1 fully saturated rings. The van der Waals surface area contributed by atoms with Crippen molar-refractivity contribution in [2.45, 2.75) is 63.1 Å². The molecular formula is C27H32N4O3S. The second kappa shape index (κ2) is 9.33. The molecule has 7 nitrogen and oxygen atoms in total. The summed E-state index contributed by atoms with van der Waals surface area (Å²) in [7, 11) is -1.55. The van der Waals surface area contributed by atoms with Crippen LogP contribution in [0.2, 0.25) is 0 Å². The quantitative estimate of drug-likeness (QED) is 0.583. The number of rotatable bonds is 4. The lowest BCUT2D eigenvalue weighted by atomic mass is 9.95. The lowest BCUT2D eigenvalue weighted by molar-refractivity contribution is 0.102. The molecule has 3 heterocycles. The Morgan fingerprint density at radius 2 is 1.71 bits per heavy atom. The zero-order chi connectivity index (χ0) is 24.7. The fourth-order valence-corrected chi connectivity index (χ4v) is 7.36. The van der Waals surface area contributed by atoms with Gasteiger partial charge in [0, 0.05) is 53.9 Å². The summed E-state index contributed by atoms with van der Waals surface area (Å²) in [5, 5.41) is 3.82. The first-order valence-electron chi connectivity index (χ1n) is 12.3. The summed E-state index contributed by atoms with van der Waals surface area (Å²) in [6, 6.07) is 14.2. The summed E-state index contributed by atoms with van der Waals surface area (Å²) in [5.74, 6) is -0.205. The molecule has 2 atom stereocenters. The van der Waals surface area contributed by atoms with Gasteiger partial charge in [-0.2, -0.15) is 4.31 Å². The van der Waals surface area contributed by atoms with E-state index in [9.17, 15) is 13.2 Å². The van der Waals surface area contributed by atoms with E-state index in [1.54, 1.807) is 28.6 Å². The predicted octanol–water partition coefficient (Wildman–Crippen LogP) is 4.43. The maximum absolute atomic E-state index is 13.5. The Morgan fingerprint density at radius 3 is 2.43 bits per heavy atom. The van der Waals surface area contributed by atoms with E-state index in [0.29, 0.717) is 17.8 Å². The molecule has 1 aromatic heterocycles. The van der Waals surface area contributed by atoms with Gasteiger partial charge in [0.15, 0.2) is 0 Å². The second-order valence-corrected chi connectivity index (χ2v) is 11.7. The molecule has 2 aromatic carbocycles. The fraction of sp³-hybridized carbons (Fsp3) is 0.407. The third-order valence-corrected chi connectivity index (χ3v) is 9.41. The van der Waals surface area contributed by atoms with E-state index in [1.165, 1.54) is 0 Å². The van der Waals surface area contributed by atoms with Gasteiger partial charge in [0.1, 0.15) is 0 Å². The number of hydrogen-bond acceptors (Lipinski definition) is 5. The minimum atomic E-state index is -3.60. The van der Waals surface area contributed by atoms with Gasteiger partial charge in [-0.3, -0.25) is 9.78 Å². The number of piperidine rings is 1. The van der Waals surface area contributed by atoms with Crippen molar-refractivity contribution in [2.75, 3.05) is 18.9 Å². The normalized spacial score (nSPS) is 21.6. The fourth-order valence-electron chi connectivity index (χ4n) is 5.48. The van der Waals surface area contributed by atoms with Crippen molar-refractivity contribution in [3.63, 3.8) is 0 Å². The number of sulfonamides is 1. The highest BCUT2D eigenvalue weighted by Crippen LogP contribution is 2.31. The van der Waals surface area contributed by atoms with Crippen LogP contribution in [0.25, 0.3) is 10.9 Å². The number of aromatic nitrogens is 1. The number of carbonyl (C=O) groups excluding carboxylic acids is 1. The van der Waals surface area contributed by atoms with Crippen molar-refractivity contribution in [3.05, 3.63) is 65.4 Å². The molecule has 5 rings (SSSR count). The molecule has 8 heteroatoms. The Morgan fingerprint density at radius 1 is 1.03 bits per heavy atom. The van der Waals surface area contributed by atoms with E-state index in [2.05, 4.69) is 10.2 Å². The number of amides is 1. The van der Waals surface area contributed by atoms with Gasteiger partial charge in [-0.15, -0.1) is 0 Å². The number of nitrogens with zero attached hydrogens (tertiary/aromatic N) is 3. The molecule has 1 amide bonds. The molecule has 35 heavy (non-hydrogen) atoms. The number of fused-ring (bicyclic) bond motifs is 2. The van der Waals surface area contributed by atoms with Crippen LogP contribution in [0.4, 0.5) is 5.69 Å². The molecule has 0 unspecified atom stereocenters. The number of likely N-dealkylation sites (N-methyl/N-ethyl adjacent to an activating group) is 1. The Hall–Kier alpha value is -2.81. The maximum Gasteiger partial charge on any atom is 0.256 e. The summed E-state index contributed by atoms with van der Waals surface area (Å²) in [4.78, 5) is 20.8. The minimum Gasteiger partial charge on any atom is -0.322 e. The molecule has 2 aliphatic rings. The topological polar surface area (TPSA) is 82.6 Å². The van der Waals surface area contributed by atoms with Crippen molar-refractivity contribution in [3.8, 4) is 0 Å². The van der Waals surface area contributed by atoms with Crippen LogP contribution in [0, 0.1) is 0 Å². The van der Waals surface area contributed by atoms with Gasteiger partial charge in [0.2, 0.25) is 10.0 Å². The summed E-state index contributed by atoms with van der Waals surface area (Å²) in [5.41, 5.74) is 3.95. The highest BCUT2D eigenvalue weighted by molar-refractivity contribution is 7.89. The summed E-state index contributed by atoms with van der Waals surface area (Å²) < 4.78 is 28.3. The zero-order valence-electron chi connectivity index (χ0n) is 20.5. The number of anilines is 1.